The first-order valence-electron chi connectivity index (χ1n) is 13.0. The lowest BCUT2D eigenvalue weighted by molar-refractivity contribution is -0.160. The maximum atomic E-state index is 12.6. The van der Waals surface area contributed by atoms with Crippen LogP contribution < -0.4 is 9.64 Å². The number of ether oxygens (including phenoxy) is 2. The van der Waals surface area contributed by atoms with E-state index in [0.717, 1.165) is 48.4 Å². The van der Waals surface area contributed by atoms with Crippen molar-refractivity contribution in [3.05, 3.63) is 34.2 Å². The molecule has 0 spiro atoms. The number of hydrogen-bond acceptors (Lipinski definition) is 6. The molecule has 7 nitrogen and oxygen atoms in total. The topological polar surface area (TPSA) is 84.8 Å². The molecule has 0 aromatic carbocycles. The lowest BCUT2D eigenvalue weighted by Gasteiger charge is -2.41. The zero-order valence-electron chi connectivity index (χ0n) is 23.7. The van der Waals surface area contributed by atoms with Crippen LogP contribution in [0.25, 0.3) is 11.1 Å². The Morgan fingerprint density at radius 2 is 1.78 bits per heavy atom. The van der Waals surface area contributed by atoms with Crippen LogP contribution in [0.5, 0.6) is 5.88 Å². The summed E-state index contributed by atoms with van der Waals surface area (Å²) in [6.45, 7) is 20.2. The van der Waals surface area contributed by atoms with Gasteiger partial charge in [0.25, 0.3) is 0 Å². The molecule has 0 amide bonds. The number of piperidine rings is 1. The fraction of sp³-hybridized carbons (Fsp3) is 0.621. The highest BCUT2D eigenvalue weighted by Crippen LogP contribution is 2.44. The van der Waals surface area contributed by atoms with Gasteiger partial charge >= 0.3 is 5.97 Å². The van der Waals surface area contributed by atoms with Crippen LogP contribution in [0.4, 0.5) is 5.69 Å². The van der Waals surface area contributed by atoms with Gasteiger partial charge in [0.2, 0.25) is 5.88 Å². The number of aryl methyl sites for hydroxylation is 2. The third kappa shape index (κ3) is 7.14. The maximum Gasteiger partial charge on any atom is 0.337 e. The predicted molar refractivity (Wildman–Crippen MR) is 149 cm³/mol. The average Bonchev–Trinajstić information content (AvgIpc) is 2.77. The number of rotatable bonds is 8. The molecule has 1 fully saturated rings. The van der Waals surface area contributed by atoms with Crippen molar-refractivity contribution in [1.82, 2.24) is 9.97 Å². The molecule has 1 aliphatic heterocycles. The molecule has 2 aromatic rings. The van der Waals surface area contributed by atoms with Crippen molar-refractivity contribution in [2.75, 3.05) is 24.6 Å². The first-order chi connectivity index (χ1) is 17.1. The van der Waals surface area contributed by atoms with Crippen LogP contribution in [0.15, 0.2) is 12.3 Å². The Bertz CT molecular complexity index is 1130. The first kappa shape index (κ1) is 29.2. The van der Waals surface area contributed by atoms with Crippen LogP contribution in [0, 0.1) is 25.2 Å². The van der Waals surface area contributed by atoms with Crippen molar-refractivity contribution in [2.24, 2.45) is 11.3 Å². The molecule has 1 aliphatic rings. The molecular formula is C29H42ClN3O4. The summed E-state index contributed by atoms with van der Waals surface area (Å²) in [6.07, 6.45) is 2.62. The second-order valence-electron chi connectivity index (χ2n) is 12.2. The zero-order chi connectivity index (χ0) is 27.7. The first-order valence-corrected chi connectivity index (χ1v) is 13.4. The van der Waals surface area contributed by atoms with Gasteiger partial charge in [-0.3, -0.25) is 4.98 Å². The van der Waals surface area contributed by atoms with Crippen molar-refractivity contribution < 1.29 is 19.4 Å². The number of halogens is 1. The fourth-order valence-corrected chi connectivity index (χ4v) is 4.77. The summed E-state index contributed by atoms with van der Waals surface area (Å²) in [6, 6.07) is 1.85. The molecule has 1 saturated heterocycles. The van der Waals surface area contributed by atoms with Gasteiger partial charge in [-0.1, -0.05) is 39.3 Å². The Balaban J connectivity index is 2.24. The summed E-state index contributed by atoms with van der Waals surface area (Å²) in [7, 11) is 0. The fourth-order valence-electron chi connectivity index (χ4n) is 4.56. The summed E-state index contributed by atoms with van der Waals surface area (Å²) in [5.41, 5.74) is 3.94. The van der Waals surface area contributed by atoms with E-state index in [-0.39, 0.29) is 5.41 Å². The largest absolute Gasteiger partial charge is 0.479 e. The molecule has 204 valence electrons. The highest BCUT2D eigenvalue weighted by atomic mass is 35.5. The molecule has 1 atom stereocenters. The number of pyridine rings is 2. The van der Waals surface area contributed by atoms with E-state index in [1.807, 2.05) is 40.7 Å². The van der Waals surface area contributed by atoms with E-state index < -0.39 is 17.7 Å². The molecule has 3 heterocycles. The number of aliphatic carboxylic acids is 1. The van der Waals surface area contributed by atoms with Gasteiger partial charge in [-0.15, -0.1) is 0 Å². The Morgan fingerprint density at radius 3 is 2.32 bits per heavy atom. The minimum atomic E-state index is -1.17. The molecule has 0 aliphatic carbocycles. The number of carboxylic acid groups (broad SMARTS) is 1. The maximum absolute atomic E-state index is 12.6. The third-order valence-electron chi connectivity index (χ3n) is 6.66. The Kier molecular flexibility index (Phi) is 8.80. The van der Waals surface area contributed by atoms with Gasteiger partial charge in [0.15, 0.2) is 6.10 Å². The Morgan fingerprint density at radius 1 is 1.16 bits per heavy atom. The van der Waals surface area contributed by atoms with E-state index in [1.54, 1.807) is 6.20 Å². The molecule has 0 bridgehead atoms. The van der Waals surface area contributed by atoms with Crippen LogP contribution in [0.3, 0.4) is 0 Å². The van der Waals surface area contributed by atoms with Gasteiger partial charge < -0.3 is 19.5 Å². The average molecular weight is 532 g/mol. The minimum Gasteiger partial charge on any atom is -0.479 e. The number of aromatic nitrogens is 2. The minimum absolute atomic E-state index is 0.225. The lowest BCUT2D eigenvalue weighted by Crippen LogP contribution is -2.39. The number of carbonyl (C=O) groups is 1. The highest BCUT2D eigenvalue weighted by Gasteiger charge is 2.36. The molecule has 3 rings (SSSR count). The number of hydrogen-bond donors (Lipinski definition) is 1. The predicted octanol–water partition coefficient (Wildman–Crippen LogP) is 7.02. The number of anilines is 1. The van der Waals surface area contributed by atoms with Crippen LogP contribution >= 0.6 is 11.6 Å². The standard InChI is InChI=1S/C29H42ClN3O4/c1-17(2)16-36-26-22(30)14-20(18(3)32-26)21-15-31-19(4)23(25(27(34)35)37-28(5,6)7)24(21)33-12-10-29(8,9)11-13-33/h14-15,17,25H,10-13,16H2,1-9H3,(H,34,35). The van der Waals surface area contributed by atoms with Crippen molar-refractivity contribution in [3.63, 3.8) is 0 Å². The third-order valence-corrected chi connectivity index (χ3v) is 6.93. The van der Waals surface area contributed by atoms with E-state index >= 15 is 0 Å². The van der Waals surface area contributed by atoms with E-state index in [1.165, 1.54) is 0 Å². The van der Waals surface area contributed by atoms with Crippen molar-refractivity contribution in [1.29, 1.82) is 0 Å². The number of nitrogens with zero attached hydrogens (tertiary/aromatic N) is 3. The van der Waals surface area contributed by atoms with Gasteiger partial charge in [0.05, 0.1) is 17.9 Å². The van der Waals surface area contributed by atoms with E-state index in [9.17, 15) is 9.90 Å². The van der Waals surface area contributed by atoms with Gasteiger partial charge in [0.1, 0.15) is 5.02 Å². The summed E-state index contributed by atoms with van der Waals surface area (Å²) < 4.78 is 12.0. The van der Waals surface area contributed by atoms with Gasteiger partial charge in [-0.25, -0.2) is 9.78 Å². The summed E-state index contributed by atoms with van der Waals surface area (Å²) >= 11 is 6.64. The molecule has 2 aromatic heterocycles. The summed E-state index contributed by atoms with van der Waals surface area (Å²) in [5.74, 6) is -0.300. The van der Waals surface area contributed by atoms with Crippen molar-refractivity contribution >= 4 is 23.3 Å². The van der Waals surface area contributed by atoms with Gasteiger partial charge in [0, 0.05) is 47.4 Å². The van der Waals surface area contributed by atoms with Crippen LogP contribution in [0.1, 0.15) is 84.4 Å². The molecule has 1 unspecified atom stereocenters. The highest BCUT2D eigenvalue weighted by molar-refractivity contribution is 6.32. The van der Waals surface area contributed by atoms with Crippen LogP contribution in [-0.2, 0) is 9.53 Å². The Labute approximate surface area is 226 Å². The van der Waals surface area contributed by atoms with Crippen molar-refractivity contribution in [2.45, 2.75) is 86.9 Å². The summed E-state index contributed by atoms with van der Waals surface area (Å²) in [5, 5.41) is 10.7. The second kappa shape index (κ2) is 11.2. The molecule has 0 saturated carbocycles. The van der Waals surface area contributed by atoms with Crippen LogP contribution in [0.2, 0.25) is 5.02 Å². The zero-order valence-corrected chi connectivity index (χ0v) is 24.5. The van der Waals surface area contributed by atoms with E-state index in [0.29, 0.717) is 34.7 Å². The second-order valence-corrected chi connectivity index (χ2v) is 12.6. The van der Waals surface area contributed by atoms with Gasteiger partial charge in [-0.05, 0) is 64.9 Å². The van der Waals surface area contributed by atoms with Crippen molar-refractivity contribution in [3.8, 4) is 17.0 Å². The SMILES string of the molecule is Cc1nc(OCC(C)C)c(Cl)cc1-c1cnc(C)c(C(OC(C)(C)C)C(=O)O)c1N1CCC(C)(C)CC1. The lowest BCUT2D eigenvalue weighted by atomic mass is 9.82. The molecule has 0 radical (unpaired) electrons. The van der Waals surface area contributed by atoms with E-state index in [2.05, 4.69) is 42.6 Å². The molecule has 1 N–H and O–H groups in total. The quantitative estimate of drug-likeness (QED) is 0.392. The monoisotopic (exact) mass is 531 g/mol. The van der Waals surface area contributed by atoms with E-state index in [4.69, 9.17) is 21.1 Å². The Hall–Kier alpha value is -2.38. The molecular weight excluding hydrogens is 490 g/mol. The van der Waals surface area contributed by atoms with Gasteiger partial charge in [-0.2, -0.15) is 0 Å². The smallest absolute Gasteiger partial charge is 0.337 e. The number of carboxylic acids is 1. The molecule has 8 heteroatoms. The molecule has 37 heavy (non-hydrogen) atoms. The van der Waals surface area contributed by atoms with Crippen LogP contribution in [-0.4, -0.2) is 46.3 Å². The summed E-state index contributed by atoms with van der Waals surface area (Å²) in [4.78, 5) is 24.2. The normalized spacial score (nSPS) is 16.7.